The molecule has 1 saturated heterocycles. The maximum absolute atomic E-state index is 10.5. The second-order valence-electron chi connectivity index (χ2n) is 1.37. The molecule has 0 atom stereocenters. The lowest BCUT2D eigenvalue weighted by molar-refractivity contribution is -0.105. The molecule has 1 heterocycles. The van der Waals surface area contributed by atoms with Crippen molar-refractivity contribution in [3.05, 3.63) is 0 Å². The van der Waals surface area contributed by atoms with Crippen LogP contribution in [-0.4, -0.2) is 23.8 Å². The van der Waals surface area contributed by atoms with Gasteiger partial charge in [0.15, 0.2) is 0 Å². The minimum atomic E-state index is -2.63. The first-order chi connectivity index (χ1) is 4.61. The van der Waals surface area contributed by atoms with Crippen LogP contribution in [0.4, 0.5) is 4.79 Å². The Morgan fingerprint density at radius 2 is 1.90 bits per heavy atom. The van der Waals surface area contributed by atoms with Crippen LogP contribution in [0.5, 0.6) is 0 Å². The summed E-state index contributed by atoms with van der Waals surface area (Å²) in [6.45, 7) is 0. The van der Waals surface area contributed by atoms with Gasteiger partial charge < -0.3 is 0 Å². The maximum Gasteiger partial charge on any atom is 0.292 e. The molecule has 0 radical (unpaired) electrons. The third-order valence-electron chi connectivity index (χ3n) is 0.753. The van der Waals surface area contributed by atoms with Crippen molar-refractivity contribution in [1.82, 2.24) is 5.32 Å². The molecule has 1 aliphatic rings. The van der Waals surface area contributed by atoms with Crippen molar-refractivity contribution in [2.75, 3.05) is 0 Å². The number of rotatable bonds is 0. The van der Waals surface area contributed by atoms with E-state index in [1.165, 1.54) is 0 Å². The third-order valence-corrected chi connectivity index (χ3v) is 2.18. The zero-order chi connectivity index (χ0) is 7.72. The normalized spacial score (nSPS) is 17.4. The van der Waals surface area contributed by atoms with Crippen LogP contribution in [0.25, 0.3) is 0 Å². The molecule has 0 aromatic heterocycles. The second-order valence-corrected chi connectivity index (χ2v) is 3.19. The van der Waals surface area contributed by atoms with Gasteiger partial charge in [-0.3, -0.25) is 14.9 Å². The SMILES string of the molecule is O=C1NC(=S(=O)=O)C(=O)S1. The van der Waals surface area contributed by atoms with E-state index in [0.717, 1.165) is 0 Å². The first-order valence-corrected chi connectivity index (χ1v) is 4.00. The standard InChI is InChI=1S/C3HNO4S2/c5-2-1(10(7)8)4-3(6)9-2/h(H,4,6). The lowest BCUT2D eigenvalue weighted by Crippen LogP contribution is -2.22. The summed E-state index contributed by atoms with van der Waals surface area (Å²) in [6, 6.07) is 0. The van der Waals surface area contributed by atoms with Crippen LogP contribution in [0.2, 0.25) is 0 Å². The zero-order valence-corrected chi connectivity index (χ0v) is 6.08. The van der Waals surface area contributed by atoms with Crippen LogP contribution >= 0.6 is 11.8 Å². The van der Waals surface area contributed by atoms with E-state index in [-0.39, 0.29) is 0 Å². The van der Waals surface area contributed by atoms with E-state index in [2.05, 4.69) is 0 Å². The summed E-state index contributed by atoms with van der Waals surface area (Å²) in [5, 5.41) is 0.481. The van der Waals surface area contributed by atoms with E-state index in [4.69, 9.17) is 0 Å². The van der Waals surface area contributed by atoms with Crippen LogP contribution in [0.3, 0.4) is 0 Å². The topological polar surface area (TPSA) is 80.3 Å². The Morgan fingerprint density at radius 1 is 1.30 bits per heavy atom. The van der Waals surface area contributed by atoms with Gasteiger partial charge in [-0.05, 0) is 0 Å². The van der Waals surface area contributed by atoms with Crippen LogP contribution in [-0.2, 0) is 15.1 Å². The molecule has 1 amide bonds. The fraction of sp³-hybridized carbons (Fsp3) is 0. The molecule has 0 aromatic carbocycles. The molecule has 54 valence electrons. The molecule has 1 N–H and O–H groups in total. The van der Waals surface area contributed by atoms with E-state index in [9.17, 15) is 18.0 Å². The molecule has 7 heteroatoms. The van der Waals surface area contributed by atoms with E-state index in [0.29, 0.717) is 11.8 Å². The third kappa shape index (κ3) is 1.19. The van der Waals surface area contributed by atoms with E-state index in [1.807, 2.05) is 5.32 Å². The highest BCUT2D eigenvalue weighted by molar-refractivity contribution is 8.29. The Labute approximate surface area is 61.3 Å². The van der Waals surface area contributed by atoms with E-state index < -0.39 is 25.6 Å². The summed E-state index contributed by atoms with van der Waals surface area (Å²) in [5.41, 5.74) is 0. The minimum absolute atomic E-state index is 0.338. The minimum Gasteiger partial charge on any atom is -0.300 e. The van der Waals surface area contributed by atoms with Gasteiger partial charge in [-0.25, -0.2) is 0 Å². The van der Waals surface area contributed by atoms with Crippen LogP contribution < -0.4 is 5.32 Å². The Balaban J connectivity index is 3.18. The molecule has 10 heavy (non-hydrogen) atoms. The molecule has 0 saturated carbocycles. The van der Waals surface area contributed by atoms with Gasteiger partial charge in [0, 0.05) is 11.8 Å². The van der Waals surface area contributed by atoms with E-state index in [1.54, 1.807) is 0 Å². The molecule has 1 fully saturated rings. The fourth-order valence-corrected chi connectivity index (χ4v) is 1.58. The Morgan fingerprint density at radius 3 is 2.10 bits per heavy atom. The number of carbonyl (C=O) groups excluding carboxylic acids is 2. The van der Waals surface area contributed by atoms with Crippen molar-refractivity contribution in [3.63, 3.8) is 0 Å². The van der Waals surface area contributed by atoms with Crippen molar-refractivity contribution in [2.45, 2.75) is 0 Å². The first kappa shape index (κ1) is 7.29. The van der Waals surface area contributed by atoms with Crippen molar-refractivity contribution < 1.29 is 18.0 Å². The van der Waals surface area contributed by atoms with Crippen molar-refractivity contribution in [2.24, 2.45) is 0 Å². The monoisotopic (exact) mass is 179 g/mol. The Bertz CT molecular complexity index is 318. The number of hydrogen-bond acceptors (Lipinski definition) is 5. The predicted octanol–water partition coefficient (Wildman–Crippen LogP) is -1.02. The van der Waals surface area contributed by atoms with Gasteiger partial charge in [0.25, 0.3) is 10.4 Å². The Kier molecular flexibility index (Phi) is 1.77. The quantitative estimate of drug-likeness (QED) is 0.481. The van der Waals surface area contributed by atoms with Crippen LogP contribution in [0, 0.1) is 0 Å². The average molecular weight is 179 g/mol. The molecule has 0 spiro atoms. The molecule has 0 unspecified atom stereocenters. The number of nitrogens with one attached hydrogen (secondary N) is 1. The number of thioether (sulfide) groups is 1. The smallest absolute Gasteiger partial charge is 0.292 e. The Hall–Kier alpha value is -0.820. The number of hydrogen-bond donors (Lipinski definition) is 1. The van der Waals surface area contributed by atoms with Crippen molar-refractivity contribution in [3.8, 4) is 0 Å². The summed E-state index contributed by atoms with van der Waals surface area (Å²) >= 11 is 0.338. The molecule has 0 aliphatic carbocycles. The number of carbonyl (C=O) groups is 2. The summed E-state index contributed by atoms with van der Waals surface area (Å²) < 4.78 is 20.1. The predicted molar refractivity (Wildman–Crippen MR) is 35.1 cm³/mol. The maximum atomic E-state index is 10.5. The highest BCUT2D eigenvalue weighted by atomic mass is 32.2. The molecule has 5 nitrogen and oxygen atoms in total. The highest BCUT2D eigenvalue weighted by Crippen LogP contribution is 2.09. The van der Waals surface area contributed by atoms with E-state index >= 15 is 0 Å². The van der Waals surface area contributed by atoms with Gasteiger partial charge in [0.2, 0.25) is 15.3 Å². The summed E-state index contributed by atoms with van der Waals surface area (Å²) in [5.74, 6) is 0. The van der Waals surface area contributed by atoms with Crippen LogP contribution in [0.15, 0.2) is 0 Å². The van der Waals surface area contributed by atoms with Crippen molar-refractivity contribution in [1.29, 1.82) is 0 Å². The lowest BCUT2D eigenvalue weighted by atomic mass is 10.7. The van der Waals surface area contributed by atoms with Gasteiger partial charge >= 0.3 is 0 Å². The molecule has 1 rings (SSSR count). The lowest BCUT2D eigenvalue weighted by Gasteiger charge is -1.79. The van der Waals surface area contributed by atoms with Crippen molar-refractivity contribution >= 4 is 37.4 Å². The summed E-state index contributed by atoms with van der Waals surface area (Å²) in [4.78, 5) is 20.2. The molecule has 0 aromatic rings. The molecule has 1 aliphatic heterocycles. The largest absolute Gasteiger partial charge is 0.300 e. The first-order valence-electron chi connectivity index (χ1n) is 2.10. The summed E-state index contributed by atoms with van der Waals surface area (Å²) in [7, 11) is -2.63. The molecular weight excluding hydrogens is 178 g/mol. The second kappa shape index (κ2) is 2.43. The average Bonchev–Trinajstić information content (AvgIpc) is 2.10. The zero-order valence-electron chi connectivity index (χ0n) is 4.45. The van der Waals surface area contributed by atoms with Gasteiger partial charge in [0.05, 0.1) is 0 Å². The summed E-state index contributed by atoms with van der Waals surface area (Å²) in [6.07, 6.45) is 0. The van der Waals surface area contributed by atoms with Gasteiger partial charge in [0.1, 0.15) is 0 Å². The van der Waals surface area contributed by atoms with Gasteiger partial charge in [-0.15, -0.1) is 0 Å². The fourth-order valence-electron chi connectivity index (χ4n) is 0.409. The van der Waals surface area contributed by atoms with Crippen LogP contribution in [0.1, 0.15) is 0 Å². The number of amides is 1. The highest BCUT2D eigenvalue weighted by Gasteiger charge is 2.28. The van der Waals surface area contributed by atoms with Gasteiger partial charge in [-0.2, -0.15) is 8.42 Å². The molecule has 0 bridgehead atoms. The molecular formula is C3HNO4S2. The van der Waals surface area contributed by atoms with Gasteiger partial charge in [-0.1, -0.05) is 0 Å².